The molecule has 0 unspecified atom stereocenters. The van der Waals surface area contributed by atoms with E-state index in [0.29, 0.717) is 26.3 Å². The van der Waals surface area contributed by atoms with Crippen LogP contribution < -0.4 is 5.32 Å². The molecule has 0 amide bonds. The quantitative estimate of drug-likeness (QED) is 0.720. The van der Waals surface area contributed by atoms with Gasteiger partial charge in [0, 0.05) is 26.2 Å². The molecule has 0 aliphatic carbocycles. The van der Waals surface area contributed by atoms with Crippen LogP contribution >= 0.6 is 12.4 Å². The van der Waals surface area contributed by atoms with Crippen LogP contribution in [0.2, 0.25) is 0 Å². The molecule has 1 N–H and O–H groups in total. The minimum atomic E-state index is -3.11. The molecule has 98 valence electrons. The molecule has 7 heteroatoms. The molecule has 1 rings (SSSR count). The molecule has 1 aliphatic heterocycles. The van der Waals surface area contributed by atoms with Crippen molar-refractivity contribution in [3.63, 3.8) is 0 Å². The summed E-state index contributed by atoms with van der Waals surface area (Å²) in [6.07, 6.45) is 0.883. The summed E-state index contributed by atoms with van der Waals surface area (Å²) < 4.78 is 30.3. The number of rotatable bonds is 5. The second-order valence-corrected chi connectivity index (χ2v) is 5.60. The van der Waals surface area contributed by atoms with Crippen LogP contribution in [-0.4, -0.2) is 57.9 Å². The first-order chi connectivity index (χ1) is 7.17. The first kappa shape index (κ1) is 16.1. The molecule has 1 saturated heterocycles. The highest BCUT2D eigenvalue weighted by Gasteiger charge is 2.22. The fourth-order valence-corrected chi connectivity index (χ4v) is 2.90. The van der Waals surface area contributed by atoms with Crippen LogP contribution in [0.1, 0.15) is 13.3 Å². The lowest BCUT2D eigenvalue weighted by atomic mass is 10.4. The van der Waals surface area contributed by atoms with Gasteiger partial charge in [-0.15, -0.1) is 12.4 Å². The molecule has 0 aromatic heterocycles. The number of hydrogen-bond donors (Lipinski definition) is 1. The Bertz CT molecular complexity index is 264. The highest BCUT2D eigenvalue weighted by molar-refractivity contribution is 7.89. The van der Waals surface area contributed by atoms with Gasteiger partial charge in [-0.1, -0.05) is 0 Å². The second kappa shape index (κ2) is 8.25. The van der Waals surface area contributed by atoms with Crippen molar-refractivity contribution in [1.82, 2.24) is 9.62 Å². The fourth-order valence-electron chi connectivity index (χ4n) is 1.54. The van der Waals surface area contributed by atoms with Gasteiger partial charge in [-0.05, 0) is 19.9 Å². The van der Waals surface area contributed by atoms with E-state index >= 15 is 0 Å². The highest BCUT2D eigenvalue weighted by Crippen LogP contribution is 2.04. The van der Waals surface area contributed by atoms with Gasteiger partial charge in [0.1, 0.15) is 0 Å². The molecule has 0 atom stereocenters. The number of halogens is 1. The van der Waals surface area contributed by atoms with Gasteiger partial charge in [-0.3, -0.25) is 0 Å². The molecule has 0 saturated carbocycles. The van der Waals surface area contributed by atoms with E-state index in [0.717, 1.165) is 19.5 Å². The van der Waals surface area contributed by atoms with Crippen molar-refractivity contribution < 1.29 is 13.2 Å². The maximum absolute atomic E-state index is 11.8. The Balaban J connectivity index is 0.00000225. The lowest BCUT2D eigenvalue weighted by Gasteiger charge is -2.19. The van der Waals surface area contributed by atoms with Gasteiger partial charge in [-0.2, -0.15) is 0 Å². The van der Waals surface area contributed by atoms with Gasteiger partial charge < -0.3 is 10.1 Å². The van der Waals surface area contributed by atoms with Crippen LogP contribution in [0.3, 0.4) is 0 Å². The van der Waals surface area contributed by atoms with Gasteiger partial charge in [0.05, 0.1) is 12.4 Å². The van der Waals surface area contributed by atoms with Crippen LogP contribution in [0.15, 0.2) is 0 Å². The van der Waals surface area contributed by atoms with E-state index in [9.17, 15) is 8.42 Å². The van der Waals surface area contributed by atoms with Crippen LogP contribution in [0.25, 0.3) is 0 Å². The van der Waals surface area contributed by atoms with Crippen molar-refractivity contribution >= 4 is 22.4 Å². The topological polar surface area (TPSA) is 58.6 Å². The third kappa shape index (κ3) is 5.45. The Kier molecular flexibility index (Phi) is 8.31. The third-order valence-electron chi connectivity index (χ3n) is 2.38. The lowest BCUT2D eigenvalue weighted by molar-refractivity contribution is 0.162. The molecule has 0 aromatic rings. The summed E-state index contributed by atoms with van der Waals surface area (Å²) in [5, 5.41) is 3.18. The first-order valence-corrected chi connectivity index (χ1v) is 7.04. The number of sulfonamides is 1. The minimum absolute atomic E-state index is 0. The predicted molar refractivity (Wildman–Crippen MR) is 66.6 cm³/mol. The maximum Gasteiger partial charge on any atom is 0.216 e. The van der Waals surface area contributed by atoms with Crippen LogP contribution in [0, 0.1) is 0 Å². The lowest BCUT2D eigenvalue weighted by Crippen LogP contribution is -2.36. The Morgan fingerprint density at radius 1 is 1.31 bits per heavy atom. The standard InChI is InChI=1S/C9H20N2O3S.ClH/c1-2-14-8-9-15(12,13)11-6-3-4-10-5-7-11;/h10H,2-9H2,1H3;1H. The SMILES string of the molecule is CCOCCS(=O)(=O)N1CCCNCC1.Cl. The van der Waals surface area contributed by atoms with E-state index in [1.54, 1.807) is 4.31 Å². The first-order valence-electron chi connectivity index (χ1n) is 5.43. The van der Waals surface area contributed by atoms with E-state index in [2.05, 4.69) is 5.32 Å². The van der Waals surface area contributed by atoms with Gasteiger partial charge >= 0.3 is 0 Å². The molecule has 1 heterocycles. The Hall–Kier alpha value is 0.120. The van der Waals surface area contributed by atoms with Crippen molar-refractivity contribution in [3.05, 3.63) is 0 Å². The van der Waals surface area contributed by atoms with E-state index in [1.165, 1.54) is 0 Å². The van der Waals surface area contributed by atoms with Crippen molar-refractivity contribution in [2.24, 2.45) is 0 Å². The van der Waals surface area contributed by atoms with Crippen molar-refractivity contribution in [2.75, 3.05) is 45.1 Å². The molecule has 0 bridgehead atoms. The Labute approximate surface area is 104 Å². The molecule has 1 fully saturated rings. The number of ether oxygens (including phenoxy) is 1. The minimum Gasteiger partial charge on any atom is -0.381 e. The van der Waals surface area contributed by atoms with E-state index in [-0.39, 0.29) is 18.2 Å². The third-order valence-corrected chi connectivity index (χ3v) is 4.22. The summed E-state index contributed by atoms with van der Waals surface area (Å²) >= 11 is 0. The van der Waals surface area contributed by atoms with Crippen LogP contribution in [0.4, 0.5) is 0 Å². The van der Waals surface area contributed by atoms with Crippen LogP contribution in [-0.2, 0) is 14.8 Å². The smallest absolute Gasteiger partial charge is 0.216 e. The van der Waals surface area contributed by atoms with Gasteiger partial charge in [0.15, 0.2) is 0 Å². The number of nitrogens with one attached hydrogen (secondary N) is 1. The summed E-state index contributed by atoms with van der Waals surface area (Å²) in [5.41, 5.74) is 0. The Morgan fingerprint density at radius 2 is 2.06 bits per heavy atom. The number of hydrogen-bond acceptors (Lipinski definition) is 4. The average Bonchev–Trinajstić information content (AvgIpc) is 2.46. The number of nitrogens with zero attached hydrogens (tertiary/aromatic N) is 1. The molecule has 0 spiro atoms. The zero-order valence-corrected chi connectivity index (χ0v) is 11.3. The summed E-state index contributed by atoms with van der Waals surface area (Å²) in [6, 6.07) is 0. The second-order valence-electron chi connectivity index (χ2n) is 3.52. The normalized spacial score (nSPS) is 18.8. The van der Waals surface area contributed by atoms with Crippen molar-refractivity contribution in [3.8, 4) is 0 Å². The molecular formula is C9H21ClN2O3S. The largest absolute Gasteiger partial charge is 0.381 e. The summed E-state index contributed by atoms with van der Waals surface area (Å²) in [7, 11) is -3.11. The monoisotopic (exact) mass is 272 g/mol. The van der Waals surface area contributed by atoms with E-state index < -0.39 is 10.0 Å². The summed E-state index contributed by atoms with van der Waals surface area (Å²) in [5.74, 6) is 0.0981. The molecule has 5 nitrogen and oxygen atoms in total. The highest BCUT2D eigenvalue weighted by atomic mass is 35.5. The summed E-state index contributed by atoms with van der Waals surface area (Å²) in [4.78, 5) is 0. The molecular weight excluding hydrogens is 252 g/mol. The average molecular weight is 273 g/mol. The zero-order chi connectivity index (χ0) is 11.1. The molecule has 16 heavy (non-hydrogen) atoms. The molecule has 0 aromatic carbocycles. The fraction of sp³-hybridized carbons (Fsp3) is 1.00. The molecule has 0 radical (unpaired) electrons. The predicted octanol–water partition coefficient (Wildman–Crippen LogP) is 0.0698. The maximum atomic E-state index is 11.8. The van der Waals surface area contributed by atoms with Crippen molar-refractivity contribution in [2.45, 2.75) is 13.3 Å². The van der Waals surface area contributed by atoms with Crippen LogP contribution in [0.5, 0.6) is 0 Å². The van der Waals surface area contributed by atoms with Crippen molar-refractivity contribution in [1.29, 1.82) is 0 Å². The van der Waals surface area contributed by atoms with E-state index in [4.69, 9.17) is 4.74 Å². The van der Waals surface area contributed by atoms with E-state index in [1.807, 2.05) is 6.92 Å². The summed E-state index contributed by atoms with van der Waals surface area (Å²) in [6.45, 7) is 5.57. The molecule has 1 aliphatic rings. The Morgan fingerprint density at radius 3 is 2.75 bits per heavy atom. The zero-order valence-electron chi connectivity index (χ0n) is 9.65. The van der Waals surface area contributed by atoms with Gasteiger partial charge in [-0.25, -0.2) is 12.7 Å². The van der Waals surface area contributed by atoms with Gasteiger partial charge in [0.25, 0.3) is 0 Å². The van der Waals surface area contributed by atoms with Gasteiger partial charge in [0.2, 0.25) is 10.0 Å².